The summed E-state index contributed by atoms with van der Waals surface area (Å²) in [4.78, 5) is 27.4. The minimum atomic E-state index is -0.0912. The van der Waals surface area contributed by atoms with Crippen molar-refractivity contribution in [2.75, 3.05) is 11.9 Å². The van der Waals surface area contributed by atoms with Gasteiger partial charge in [-0.05, 0) is 53.3 Å². The van der Waals surface area contributed by atoms with Gasteiger partial charge in [0.1, 0.15) is 4.32 Å². The lowest BCUT2D eigenvalue weighted by Crippen LogP contribution is -2.29. The van der Waals surface area contributed by atoms with E-state index in [9.17, 15) is 9.59 Å². The highest BCUT2D eigenvalue weighted by Gasteiger charge is 2.31. The standard InChI is InChI=1S/C28H26N2O2S2/c1-2-20-10-12-21(13-11-20)19-25-27(32)30(28(33)34-25)18-6-9-26(31)29-24-16-14-23(15-17-24)22-7-4-3-5-8-22/h3-5,7-8,10-17,19H,2,6,9,18H2,1H3,(H,29,31)/b25-19-. The maximum absolute atomic E-state index is 12.8. The number of nitrogens with zero attached hydrogens (tertiary/aromatic N) is 1. The number of carbonyl (C=O) groups excluding carboxylic acids is 2. The van der Waals surface area contributed by atoms with Crippen LogP contribution in [-0.4, -0.2) is 27.6 Å². The van der Waals surface area contributed by atoms with Crippen molar-refractivity contribution in [3.63, 3.8) is 0 Å². The highest BCUT2D eigenvalue weighted by Crippen LogP contribution is 2.32. The van der Waals surface area contributed by atoms with Gasteiger partial charge in [0.05, 0.1) is 4.91 Å². The first kappa shape index (κ1) is 23.9. The molecule has 3 aromatic carbocycles. The number of hydrogen-bond donors (Lipinski definition) is 1. The van der Waals surface area contributed by atoms with E-state index in [0.29, 0.717) is 28.6 Å². The Morgan fingerprint density at radius 3 is 2.32 bits per heavy atom. The maximum Gasteiger partial charge on any atom is 0.266 e. The summed E-state index contributed by atoms with van der Waals surface area (Å²) < 4.78 is 0.540. The van der Waals surface area contributed by atoms with Crippen LogP contribution in [0.2, 0.25) is 0 Å². The number of nitrogens with one attached hydrogen (secondary N) is 1. The molecule has 0 atom stereocenters. The van der Waals surface area contributed by atoms with E-state index < -0.39 is 0 Å². The Balaban J connectivity index is 1.27. The summed E-state index contributed by atoms with van der Waals surface area (Å²) in [5.74, 6) is -0.170. The first-order chi connectivity index (χ1) is 16.5. The van der Waals surface area contributed by atoms with E-state index in [1.807, 2.05) is 60.7 Å². The van der Waals surface area contributed by atoms with Gasteiger partial charge in [-0.3, -0.25) is 14.5 Å². The van der Waals surface area contributed by atoms with Gasteiger partial charge in [-0.2, -0.15) is 0 Å². The van der Waals surface area contributed by atoms with Crippen molar-refractivity contribution in [3.8, 4) is 11.1 Å². The molecule has 0 aliphatic carbocycles. The smallest absolute Gasteiger partial charge is 0.266 e. The minimum absolute atomic E-state index is 0.0792. The summed E-state index contributed by atoms with van der Waals surface area (Å²) in [6.07, 6.45) is 3.72. The summed E-state index contributed by atoms with van der Waals surface area (Å²) in [7, 11) is 0. The van der Waals surface area contributed by atoms with Gasteiger partial charge in [-0.25, -0.2) is 0 Å². The molecular weight excluding hydrogens is 460 g/mol. The monoisotopic (exact) mass is 486 g/mol. The molecule has 172 valence electrons. The van der Waals surface area contributed by atoms with E-state index in [0.717, 1.165) is 28.8 Å². The summed E-state index contributed by atoms with van der Waals surface area (Å²) in [6.45, 7) is 2.54. The van der Waals surface area contributed by atoms with E-state index >= 15 is 0 Å². The molecular formula is C28H26N2O2S2. The van der Waals surface area contributed by atoms with Crippen LogP contribution in [0.25, 0.3) is 17.2 Å². The molecule has 6 heteroatoms. The number of amides is 2. The molecule has 1 aliphatic heterocycles. The van der Waals surface area contributed by atoms with Gasteiger partial charge in [0.25, 0.3) is 5.91 Å². The number of benzene rings is 3. The van der Waals surface area contributed by atoms with E-state index in [4.69, 9.17) is 12.2 Å². The van der Waals surface area contributed by atoms with Gasteiger partial charge in [-0.15, -0.1) is 0 Å². The third kappa shape index (κ3) is 6.01. The number of carbonyl (C=O) groups is 2. The van der Waals surface area contributed by atoms with Gasteiger partial charge < -0.3 is 5.32 Å². The summed E-state index contributed by atoms with van der Waals surface area (Å²) in [5.41, 5.74) is 5.23. The third-order valence-electron chi connectivity index (χ3n) is 5.62. The van der Waals surface area contributed by atoms with Crippen LogP contribution in [0.1, 0.15) is 30.9 Å². The molecule has 4 rings (SSSR count). The zero-order chi connectivity index (χ0) is 23.9. The van der Waals surface area contributed by atoms with Crippen molar-refractivity contribution in [1.82, 2.24) is 4.90 Å². The second-order valence-electron chi connectivity index (χ2n) is 8.02. The van der Waals surface area contributed by atoms with Crippen molar-refractivity contribution in [3.05, 3.63) is 94.9 Å². The summed E-state index contributed by atoms with van der Waals surface area (Å²) >= 11 is 6.73. The van der Waals surface area contributed by atoms with Crippen molar-refractivity contribution in [2.24, 2.45) is 0 Å². The fourth-order valence-corrected chi connectivity index (χ4v) is 5.00. The Bertz CT molecular complexity index is 1200. The van der Waals surface area contributed by atoms with Gasteiger partial charge in [-0.1, -0.05) is 97.6 Å². The van der Waals surface area contributed by atoms with E-state index in [2.05, 4.69) is 36.5 Å². The van der Waals surface area contributed by atoms with Crippen molar-refractivity contribution in [2.45, 2.75) is 26.2 Å². The third-order valence-corrected chi connectivity index (χ3v) is 7.00. The molecule has 34 heavy (non-hydrogen) atoms. The maximum atomic E-state index is 12.8. The quantitative estimate of drug-likeness (QED) is 0.290. The molecule has 1 N–H and O–H groups in total. The molecule has 3 aromatic rings. The number of hydrogen-bond acceptors (Lipinski definition) is 4. The van der Waals surface area contributed by atoms with Crippen LogP contribution in [0.15, 0.2) is 83.8 Å². The second-order valence-corrected chi connectivity index (χ2v) is 9.70. The number of anilines is 1. The molecule has 0 saturated carbocycles. The molecule has 1 aliphatic rings. The van der Waals surface area contributed by atoms with Crippen LogP contribution in [0.3, 0.4) is 0 Å². The predicted octanol–water partition coefficient (Wildman–Crippen LogP) is 6.54. The van der Waals surface area contributed by atoms with Crippen LogP contribution in [0.5, 0.6) is 0 Å². The van der Waals surface area contributed by atoms with Crippen molar-refractivity contribution < 1.29 is 9.59 Å². The Labute approximate surface area is 210 Å². The lowest BCUT2D eigenvalue weighted by atomic mass is 10.1. The van der Waals surface area contributed by atoms with Crippen LogP contribution in [0, 0.1) is 0 Å². The zero-order valence-electron chi connectivity index (χ0n) is 19.0. The first-order valence-corrected chi connectivity index (χ1v) is 12.6. The Morgan fingerprint density at radius 1 is 0.971 bits per heavy atom. The van der Waals surface area contributed by atoms with Gasteiger partial charge in [0.15, 0.2) is 0 Å². The average Bonchev–Trinajstić information content (AvgIpc) is 3.13. The van der Waals surface area contributed by atoms with Crippen LogP contribution in [-0.2, 0) is 16.0 Å². The fraction of sp³-hybridized carbons (Fsp3) is 0.179. The van der Waals surface area contributed by atoms with E-state index in [1.165, 1.54) is 17.3 Å². The number of rotatable bonds is 8. The highest BCUT2D eigenvalue weighted by atomic mass is 32.2. The SMILES string of the molecule is CCc1ccc(/C=C2\SC(=S)N(CCCC(=O)Nc3ccc(-c4ccccc4)cc3)C2=O)cc1. The zero-order valence-corrected chi connectivity index (χ0v) is 20.6. The Kier molecular flexibility index (Phi) is 7.93. The number of thioether (sulfide) groups is 1. The summed E-state index contributed by atoms with van der Waals surface area (Å²) in [6, 6.07) is 26.1. The highest BCUT2D eigenvalue weighted by molar-refractivity contribution is 8.26. The van der Waals surface area contributed by atoms with Gasteiger partial charge >= 0.3 is 0 Å². The van der Waals surface area contributed by atoms with Crippen LogP contribution in [0.4, 0.5) is 5.69 Å². The normalized spacial score (nSPS) is 14.6. The van der Waals surface area contributed by atoms with Crippen LogP contribution >= 0.6 is 24.0 Å². The fourth-order valence-electron chi connectivity index (χ4n) is 3.69. The molecule has 0 spiro atoms. The molecule has 1 fully saturated rings. The molecule has 4 nitrogen and oxygen atoms in total. The lowest BCUT2D eigenvalue weighted by molar-refractivity contribution is -0.122. The topological polar surface area (TPSA) is 49.4 Å². The Morgan fingerprint density at radius 2 is 1.65 bits per heavy atom. The number of aryl methyl sites for hydroxylation is 1. The first-order valence-electron chi connectivity index (χ1n) is 11.3. The molecule has 0 aromatic heterocycles. The molecule has 2 amide bonds. The van der Waals surface area contributed by atoms with E-state index in [-0.39, 0.29) is 11.8 Å². The average molecular weight is 487 g/mol. The van der Waals surface area contributed by atoms with E-state index in [1.54, 1.807) is 4.90 Å². The summed E-state index contributed by atoms with van der Waals surface area (Å²) in [5, 5.41) is 2.93. The molecule has 0 radical (unpaired) electrons. The molecule has 0 bridgehead atoms. The van der Waals surface area contributed by atoms with Gasteiger partial charge in [0, 0.05) is 18.7 Å². The lowest BCUT2D eigenvalue weighted by Gasteiger charge is -2.14. The van der Waals surface area contributed by atoms with Crippen molar-refractivity contribution >= 4 is 51.9 Å². The Hall–Kier alpha value is -3.22. The largest absolute Gasteiger partial charge is 0.326 e. The van der Waals surface area contributed by atoms with Crippen molar-refractivity contribution in [1.29, 1.82) is 0 Å². The molecule has 1 saturated heterocycles. The minimum Gasteiger partial charge on any atom is -0.326 e. The number of thiocarbonyl (C=S) groups is 1. The van der Waals surface area contributed by atoms with Gasteiger partial charge in [0.2, 0.25) is 5.91 Å². The van der Waals surface area contributed by atoms with Crippen LogP contribution < -0.4 is 5.32 Å². The predicted molar refractivity (Wildman–Crippen MR) is 145 cm³/mol. The second kappa shape index (κ2) is 11.3. The molecule has 1 heterocycles. The molecule has 0 unspecified atom stereocenters.